The summed E-state index contributed by atoms with van der Waals surface area (Å²) in [5.74, 6) is 2.30. The predicted octanol–water partition coefficient (Wildman–Crippen LogP) is 2.85. The molecule has 1 aromatic heterocycles. The van der Waals surface area contributed by atoms with E-state index in [-0.39, 0.29) is 12.4 Å². The van der Waals surface area contributed by atoms with E-state index in [1.165, 1.54) is 5.69 Å². The summed E-state index contributed by atoms with van der Waals surface area (Å²) < 4.78 is 12.8. The molecule has 3 aliphatic heterocycles. The highest BCUT2D eigenvalue weighted by Crippen LogP contribution is 2.42. The topological polar surface area (TPSA) is 43.7 Å². The Kier molecular flexibility index (Phi) is 3.54. The van der Waals surface area contributed by atoms with Gasteiger partial charge in [-0.05, 0) is 30.0 Å². The smallest absolute Gasteiger partial charge is 0.250 e. The molecule has 3 aliphatic rings. The van der Waals surface area contributed by atoms with Crippen molar-refractivity contribution in [2.45, 2.75) is 25.4 Å². The van der Waals surface area contributed by atoms with Crippen LogP contribution in [0.5, 0.6) is 11.5 Å². The van der Waals surface area contributed by atoms with Crippen LogP contribution in [0.1, 0.15) is 23.6 Å². The molecule has 5 nitrogen and oxygen atoms in total. The van der Waals surface area contributed by atoms with Gasteiger partial charge in [0.15, 0.2) is 11.5 Å². The fraction of sp³-hybridized carbons (Fsp3) is 0.421. The lowest BCUT2D eigenvalue weighted by molar-refractivity contribution is 0.114. The van der Waals surface area contributed by atoms with Crippen molar-refractivity contribution in [1.29, 1.82) is 0 Å². The van der Waals surface area contributed by atoms with Gasteiger partial charge in [0, 0.05) is 43.9 Å². The van der Waals surface area contributed by atoms with Gasteiger partial charge in [0.05, 0.1) is 5.02 Å². The number of halogens is 1. The van der Waals surface area contributed by atoms with Crippen molar-refractivity contribution >= 4 is 11.6 Å². The summed E-state index contributed by atoms with van der Waals surface area (Å²) in [4.78, 5) is 14.6. The van der Waals surface area contributed by atoms with Crippen molar-refractivity contribution in [3.63, 3.8) is 0 Å². The standard InChI is InChI=1S/C19H19ClN2O3/c20-18-13(4-5-16-19(18)25-11-24-16)9-21-7-12-6-14(10-21)15-2-1-3-17(23)22(15)8-12/h1-5,12,14H,6-11H2/t12-,14-/m1/s1. The van der Waals surface area contributed by atoms with Crippen molar-refractivity contribution < 1.29 is 9.47 Å². The molecule has 2 atom stereocenters. The van der Waals surface area contributed by atoms with Crippen LogP contribution in [0.4, 0.5) is 0 Å². The van der Waals surface area contributed by atoms with Gasteiger partial charge in [0.2, 0.25) is 6.79 Å². The number of ether oxygens (including phenoxy) is 2. The van der Waals surface area contributed by atoms with Crippen LogP contribution in [0.3, 0.4) is 0 Å². The molecule has 0 spiro atoms. The highest BCUT2D eigenvalue weighted by molar-refractivity contribution is 6.33. The Labute approximate surface area is 150 Å². The molecule has 0 saturated carbocycles. The first-order valence-corrected chi connectivity index (χ1v) is 9.06. The molecule has 6 heteroatoms. The third-order valence-corrected chi connectivity index (χ3v) is 5.92. The number of rotatable bonds is 2. The Morgan fingerprint density at radius 1 is 1.12 bits per heavy atom. The number of benzene rings is 1. The first kappa shape index (κ1) is 15.3. The Balaban J connectivity index is 1.40. The fourth-order valence-electron chi connectivity index (χ4n) is 4.47. The van der Waals surface area contributed by atoms with E-state index in [0.29, 0.717) is 22.6 Å². The number of likely N-dealkylation sites (tertiary alicyclic amines) is 1. The molecule has 0 amide bonds. The van der Waals surface area contributed by atoms with E-state index in [2.05, 4.69) is 11.0 Å². The zero-order valence-electron chi connectivity index (χ0n) is 13.8. The van der Waals surface area contributed by atoms with Crippen LogP contribution >= 0.6 is 11.6 Å². The maximum atomic E-state index is 12.1. The fourth-order valence-corrected chi connectivity index (χ4v) is 4.74. The SMILES string of the molecule is O=c1cccc2n1C[C@@H]1C[C@@H]2CN(Cc2ccc3c(c2Cl)OCO3)C1. The normalized spacial score (nSPS) is 24.2. The lowest BCUT2D eigenvalue weighted by Gasteiger charge is -2.42. The zero-order chi connectivity index (χ0) is 17.0. The Hall–Kier alpha value is -1.98. The largest absolute Gasteiger partial charge is 0.454 e. The monoisotopic (exact) mass is 358 g/mol. The zero-order valence-corrected chi connectivity index (χ0v) is 14.5. The second kappa shape index (κ2) is 5.78. The first-order chi connectivity index (χ1) is 12.2. The first-order valence-electron chi connectivity index (χ1n) is 8.68. The quantitative estimate of drug-likeness (QED) is 0.828. The van der Waals surface area contributed by atoms with Crippen molar-refractivity contribution in [3.8, 4) is 11.5 Å². The molecule has 25 heavy (non-hydrogen) atoms. The van der Waals surface area contributed by atoms with Crippen LogP contribution in [0.15, 0.2) is 35.1 Å². The highest BCUT2D eigenvalue weighted by Gasteiger charge is 2.34. The Morgan fingerprint density at radius 3 is 2.96 bits per heavy atom. The van der Waals surface area contributed by atoms with Crippen LogP contribution in [0, 0.1) is 5.92 Å². The van der Waals surface area contributed by atoms with Crippen molar-refractivity contribution in [2.24, 2.45) is 5.92 Å². The van der Waals surface area contributed by atoms with Gasteiger partial charge < -0.3 is 14.0 Å². The summed E-state index contributed by atoms with van der Waals surface area (Å²) in [6, 6.07) is 9.60. The predicted molar refractivity (Wildman–Crippen MR) is 94.4 cm³/mol. The molecule has 5 rings (SSSR count). The van der Waals surface area contributed by atoms with Crippen molar-refractivity contribution in [3.05, 3.63) is 57.0 Å². The lowest BCUT2D eigenvalue weighted by Crippen LogP contribution is -2.46. The van der Waals surface area contributed by atoms with E-state index in [4.69, 9.17) is 21.1 Å². The summed E-state index contributed by atoms with van der Waals surface area (Å²) in [6.45, 7) is 3.78. The van der Waals surface area contributed by atoms with Crippen LogP contribution in [-0.4, -0.2) is 29.3 Å². The number of aromatic nitrogens is 1. The molecule has 4 heterocycles. The van der Waals surface area contributed by atoms with Gasteiger partial charge in [-0.3, -0.25) is 9.69 Å². The van der Waals surface area contributed by atoms with Crippen molar-refractivity contribution in [1.82, 2.24) is 9.47 Å². The maximum Gasteiger partial charge on any atom is 0.250 e. The molecular formula is C19H19ClN2O3. The third-order valence-electron chi connectivity index (χ3n) is 5.51. The number of pyridine rings is 1. The second-order valence-corrected chi connectivity index (χ2v) is 7.54. The molecule has 0 N–H and O–H groups in total. The van der Waals surface area contributed by atoms with Gasteiger partial charge in [0.25, 0.3) is 5.56 Å². The number of piperidine rings is 1. The van der Waals surface area contributed by atoms with E-state index >= 15 is 0 Å². The van der Waals surface area contributed by atoms with Crippen LogP contribution in [0.25, 0.3) is 0 Å². The van der Waals surface area contributed by atoms with Crippen LogP contribution in [0.2, 0.25) is 5.02 Å². The summed E-state index contributed by atoms with van der Waals surface area (Å²) in [5.41, 5.74) is 2.36. The van der Waals surface area contributed by atoms with Gasteiger partial charge in [-0.2, -0.15) is 0 Å². The van der Waals surface area contributed by atoms with Gasteiger partial charge in [-0.1, -0.05) is 23.7 Å². The minimum Gasteiger partial charge on any atom is -0.454 e. The van der Waals surface area contributed by atoms with Gasteiger partial charge in [-0.15, -0.1) is 0 Å². The highest BCUT2D eigenvalue weighted by atomic mass is 35.5. The van der Waals surface area contributed by atoms with Gasteiger partial charge in [0.1, 0.15) is 0 Å². The summed E-state index contributed by atoms with van der Waals surface area (Å²) in [7, 11) is 0. The van der Waals surface area contributed by atoms with Crippen molar-refractivity contribution in [2.75, 3.05) is 19.9 Å². The molecule has 1 saturated heterocycles. The van der Waals surface area contributed by atoms with Gasteiger partial charge >= 0.3 is 0 Å². The molecule has 1 fully saturated rings. The minimum absolute atomic E-state index is 0.125. The number of nitrogens with zero attached hydrogens (tertiary/aromatic N) is 2. The Bertz CT molecular complexity index is 895. The molecule has 0 aliphatic carbocycles. The van der Waals surface area contributed by atoms with Gasteiger partial charge in [-0.25, -0.2) is 0 Å². The molecule has 0 radical (unpaired) electrons. The average Bonchev–Trinajstić information content (AvgIpc) is 3.08. The second-order valence-electron chi connectivity index (χ2n) is 7.16. The van der Waals surface area contributed by atoms with E-state index in [1.807, 2.05) is 22.8 Å². The summed E-state index contributed by atoms with van der Waals surface area (Å²) >= 11 is 6.52. The molecular weight excluding hydrogens is 340 g/mol. The van der Waals surface area contributed by atoms with Crippen LogP contribution in [-0.2, 0) is 13.1 Å². The summed E-state index contributed by atoms with van der Waals surface area (Å²) in [5, 5.41) is 0.655. The van der Waals surface area contributed by atoms with Crippen LogP contribution < -0.4 is 15.0 Å². The Morgan fingerprint density at radius 2 is 2.04 bits per heavy atom. The molecule has 2 bridgehead atoms. The summed E-state index contributed by atoms with van der Waals surface area (Å²) in [6.07, 6.45) is 1.16. The average molecular weight is 359 g/mol. The number of fused-ring (bicyclic) bond motifs is 5. The van der Waals surface area contributed by atoms with E-state index in [0.717, 1.165) is 43.9 Å². The number of hydrogen-bond acceptors (Lipinski definition) is 4. The minimum atomic E-state index is 0.125. The molecule has 1 aromatic carbocycles. The van der Waals surface area contributed by atoms with E-state index < -0.39 is 0 Å². The maximum absolute atomic E-state index is 12.1. The molecule has 2 aromatic rings. The molecule has 130 valence electrons. The third kappa shape index (κ3) is 2.53. The number of hydrogen-bond donors (Lipinski definition) is 0. The molecule has 0 unspecified atom stereocenters. The lowest BCUT2D eigenvalue weighted by atomic mass is 9.83. The van der Waals surface area contributed by atoms with E-state index in [1.54, 1.807) is 6.07 Å². The van der Waals surface area contributed by atoms with E-state index in [9.17, 15) is 4.79 Å².